The fourth-order valence-corrected chi connectivity index (χ4v) is 2.07. The monoisotopic (exact) mass is 347 g/mol. The van der Waals surface area contributed by atoms with E-state index >= 15 is 0 Å². The Hall–Kier alpha value is -2.60. The van der Waals surface area contributed by atoms with Crippen LogP contribution in [0.3, 0.4) is 0 Å². The Kier molecular flexibility index (Phi) is 5.09. The first-order chi connectivity index (χ1) is 11.2. The zero-order valence-corrected chi connectivity index (χ0v) is 14.3. The number of pyridine rings is 1. The SMILES string of the molecule is CC(C)(C)O/N=C(/c1cc(Cl)ccc1O)c1ncccc1C(N)=O. The maximum Gasteiger partial charge on any atom is 0.250 e. The molecule has 2 aromatic rings. The fraction of sp³-hybridized carbons (Fsp3) is 0.235. The van der Waals surface area contributed by atoms with Gasteiger partial charge in [-0.15, -0.1) is 0 Å². The van der Waals surface area contributed by atoms with Gasteiger partial charge in [0.1, 0.15) is 22.8 Å². The molecule has 6 nitrogen and oxygen atoms in total. The molecule has 126 valence electrons. The summed E-state index contributed by atoms with van der Waals surface area (Å²) in [5.41, 5.74) is 5.65. The fourth-order valence-electron chi connectivity index (χ4n) is 1.89. The third-order valence-corrected chi connectivity index (χ3v) is 3.16. The molecule has 0 fully saturated rings. The van der Waals surface area contributed by atoms with Crippen LogP contribution in [-0.4, -0.2) is 27.3 Å². The number of phenols is 1. The van der Waals surface area contributed by atoms with Crippen molar-refractivity contribution in [3.8, 4) is 5.75 Å². The quantitative estimate of drug-likeness (QED) is 0.655. The summed E-state index contributed by atoms with van der Waals surface area (Å²) in [4.78, 5) is 21.4. The number of carbonyl (C=O) groups excluding carboxylic acids is 1. The van der Waals surface area contributed by atoms with Crippen molar-refractivity contribution in [2.24, 2.45) is 10.9 Å². The van der Waals surface area contributed by atoms with Gasteiger partial charge < -0.3 is 15.7 Å². The first-order valence-electron chi connectivity index (χ1n) is 7.19. The van der Waals surface area contributed by atoms with Crippen molar-refractivity contribution in [3.63, 3.8) is 0 Å². The second kappa shape index (κ2) is 6.88. The average molecular weight is 348 g/mol. The van der Waals surface area contributed by atoms with Crippen LogP contribution in [0.2, 0.25) is 5.02 Å². The summed E-state index contributed by atoms with van der Waals surface area (Å²) in [5.74, 6) is -0.736. The molecule has 0 radical (unpaired) electrons. The predicted molar refractivity (Wildman–Crippen MR) is 92.3 cm³/mol. The van der Waals surface area contributed by atoms with Crippen molar-refractivity contribution < 1.29 is 14.7 Å². The molecular formula is C17H18ClN3O3. The zero-order valence-electron chi connectivity index (χ0n) is 13.6. The minimum absolute atomic E-state index is 0.0725. The lowest BCUT2D eigenvalue weighted by Gasteiger charge is -2.18. The Balaban J connectivity index is 2.69. The van der Waals surface area contributed by atoms with Crippen LogP contribution >= 0.6 is 11.6 Å². The van der Waals surface area contributed by atoms with Crippen molar-refractivity contribution in [2.45, 2.75) is 26.4 Å². The number of aromatic hydroxyl groups is 1. The first-order valence-corrected chi connectivity index (χ1v) is 7.57. The number of benzene rings is 1. The molecule has 1 heterocycles. The van der Waals surface area contributed by atoms with Gasteiger partial charge in [-0.3, -0.25) is 9.78 Å². The lowest BCUT2D eigenvalue weighted by molar-refractivity contribution is 0.00111. The first kappa shape index (κ1) is 17.7. The van der Waals surface area contributed by atoms with Crippen LogP contribution in [-0.2, 0) is 4.84 Å². The van der Waals surface area contributed by atoms with Crippen molar-refractivity contribution >= 4 is 23.2 Å². The third-order valence-electron chi connectivity index (χ3n) is 2.92. The molecule has 2 rings (SSSR count). The highest BCUT2D eigenvalue weighted by atomic mass is 35.5. The molecule has 1 aromatic carbocycles. The van der Waals surface area contributed by atoms with Crippen LogP contribution in [0.1, 0.15) is 42.4 Å². The number of carbonyl (C=O) groups is 1. The Bertz CT molecular complexity index is 798. The molecular weight excluding hydrogens is 330 g/mol. The van der Waals surface area contributed by atoms with E-state index in [0.29, 0.717) is 5.02 Å². The van der Waals surface area contributed by atoms with Gasteiger partial charge in [-0.2, -0.15) is 0 Å². The second-order valence-corrected chi connectivity index (χ2v) is 6.51. The second-order valence-electron chi connectivity index (χ2n) is 6.07. The Labute approximate surface area is 144 Å². The van der Waals surface area contributed by atoms with E-state index in [1.807, 2.05) is 20.8 Å². The van der Waals surface area contributed by atoms with E-state index in [2.05, 4.69) is 10.1 Å². The molecule has 0 unspecified atom stereocenters. The van der Waals surface area contributed by atoms with Crippen molar-refractivity contribution in [1.82, 2.24) is 4.98 Å². The van der Waals surface area contributed by atoms with Gasteiger partial charge in [-0.1, -0.05) is 16.8 Å². The predicted octanol–water partition coefficient (Wildman–Crippen LogP) is 3.11. The van der Waals surface area contributed by atoms with E-state index in [1.54, 1.807) is 6.07 Å². The van der Waals surface area contributed by atoms with Gasteiger partial charge in [-0.25, -0.2) is 0 Å². The normalized spacial score (nSPS) is 12.1. The summed E-state index contributed by atoms with van der Waals surface area (Å²) in [5, 5.41) is 14.7. The molecule has 24 heavy (non-hydrogen) atoms. The summed E-state index contributed by atoms with van der Waals surface area (Å²) in [6, 6.07) is 7.59. The topological polar surface area (TPSA) is 97.8 Å². The van der Waals surface area contributed by atoms with Gasteiger partial charge in [0.05, 0.1) is 5.56 Å². The van der Waals surface area contributed by atoms with Gasteiger partial charge >= 0.3 is 0 Å². The van der Waals surface area contributed by atoms with E-state index in [1.165, 1.54) is 30.5 Å². The molecule has 0 aliphatic carbocycles. The molecule has 3 N–H and O–H groups in total. The summed E-state index contributed by atoms with van der Waals surface area (Å²) >= 11 is 6.02. The van der Waals surface area contributed by atoms with E-state index in [4.69, 9.17) is 22.2 Å². The summed E-state index contributed by atoms with van der Waals surface area (Å²) in [6.07, 6.45) is 1.50. The van der Waals surface area contributed by atoms with Crippen LogP contribution in [0.4, 0.5) is 0 Å². The van der Waals surface area contributed by atoms with Gasteiger partial charge in [0.25, 0.3) is 5.91 Å². The average Bonchev–Trinajstić information content (AvgIpc) is 2.50. The maximum absolute atomic E-state index is 11.7. The molecule has 0 saturated heterocycles. The molecule has 1 amide bonds. The number of aromatic nitrogens is 1. The largest absolute Gasteiger partial charge is 0.507 e. The van der Waals surface area contributed by atoms with Gasteiger partial charge in [0, 0.05) is 16.8 Å². The number of nitrogens with two attached hydrogens (primary N) is 1. The Morgan fingerprint density at radius 1 is 1.29 bits per heavy atom. The maximum atomic E-state index is 11.7. The molecule has 0 aliphatic heterocycles. The Morgan fingerprint density at radius 3 is 2.62 bits per heavy atom. The van der Waals surface area contributed by atoms with E-state index in [0.717, 1.165) is 0 Å². The molecule has 0 bridgehead atoms. The summed E-state index contributed by atoms with van der Waals surface area (Å²) in [6.45, 7) is 5.46. The molecule has 0 saturated carbocycles. The highest BCUT2D eigenvalue weighted by Gasteiger charge is 2.22. The molecule has 1 aromatic heterocycles. The number of rotatable bonds is 4. The number of oxime groups is 1. The standard InChI is InChI=1S/C17H18ClN3O3/c1-17(2,3)24-21-15(12-9-10(18)6-7-13(12)22)14-11(16(19)23)5-4-8-20-14/h4-9,22H,1-3H3,(H2,19,23)/b21-15-. The lowest BCUT2D eigenvalue weighted by Crippen LogP contribution is -2.21. The van der Waals surface area contributed by atoms with Crippen molar-refractivity contribution in [1.29, 1.82) is 0 Å². The molecule has 0 aliphatic rings. The van der Waals surface area contributed by atoms with Crippen LogP contribution in [0.25, 0.3) is 0 Å². The summed E-state index contributed by atoms with van der Waals surface area (Å²) in [7, 11) is 0. The summed E-state index contributed by atoms with van der Waals surface area (Å²) < 4.78 is 0. The molecule has 0 spiro atoms. The van der Waals surface area contributed by atoms with Crippen LogP contribution in [0.15, 0.2) is 41.7 Å². The third kappa shape index (κ3) is 4.23. The molecule has 0 atom stereocenters. The minimum Gasteiger partial charge on any atom is -0.507 e. The number of hydrogen-bond donors (Lipinski definition) is 2. The van der Waals surface area contributed by atoms with Crippen LogP contribution < -0.4 is 5.73 Å². The minimum atomic E-state index is -0.664. The lowest BCUT2D eigenvalue weighted by atomic mass is 10.0. The highest BCUT2D eigenvalue weighted by molar-refractivity contribution is 6.31. The number of phenolic OH excluding ortho intramolecular Hbond substituents is 1. The van der Waals surface area contributed by atoms with Crippen molar-refractivity contribution in [3.05, 3.63) is 58.4 Å². The number of hydrogen-bond acceptors (Lipinski definition) is 5. The van der Waals surface area contributed by atoms with Crippen LogP contribution in [0.5, 0.6) is 5.75 Å². The van der Waals surface area contributed by atoms with Gasteiger partial charge in [-0.05, 0) is 51.1 Å². The van der Waals surface area contributed by atoms with Gasteiger partial charge in [0.15, 0.2) is 0 Å². The van der Waals surface area contributed by atoms with Gasteiger partial charge in [0.2, 0.25) is 0 Å². The highest BCUT2D eigenvalue weighted by Crippen LogP contribution is 2.26. The number of primary amides is 1. The number of halogens is 1. The number of amides is 1. The van der Waals surface area contributed by atoms with E-state index in [9.17, 15) is 9.90 Å². The van der Waals surface area contributed by atoms with E-state index in [-0.39, 0.29) is 28.3 Å². The van der Waals surface area contributed by atoms with E-state index < -0.39 is 11.5 Å². The van der Waals surface area contributed by atoms with Crippen LogP contribution in [0, 0.1) is 0 Å². The molecule has 7 heteroatoms. The number of nitrogens with zero attached hydrogens (tertiary/aromatic N) is 2. The van der Waals surface area contributed by atoms with Crippen molar-refractivity contribution in [2.75, 3.05) is 0 Å². The smallest absolute Gasteiger partial charge is 0.250 e. The zero-order chi connectivity index (χ0) is 17.9. The Morgan fingerprint density at radius 2 is 2.00 bits per heavy atom.